The summed E-state index contributed by atoms with van der Waals surface area (Å²) < 4.78 is 0. The average molecular weight is 227 g/mol. The van der Waals surface area contributed by atoms with Crippen LogP contribution in [0, 0.1) is 0 Å². The monoisotopic (exact) mass is 226 g/mol. The van der Waals surface area contributed by atoms with Gasteiger partial charge in [0.15, 0.2) is 0 Å². The summed E-state index contributed by atoms with van der Waals surface area (Å²) in [6.07, 6.45) is 1.52. The van der Waals surface area contributed by atoms with E-state index in [2.05, 4.69) is 4.98 Å². The van der Waals surface area contributed by atoms with E-state index in [0.717, 1.165) is 4.90 Å². The Morgan fingerprint density at radius 1 is 1.40 bits per heavy atom. The van der Waals surface area contributed by atoms with E-state index in [4.69, 9.17) is 11.6 Å². The predicted molar refractivity (Wildman–Crippen MR) is 57.6 cm³/mol. The Morgan fingerprint density at radius 2 is 2.00 bits per heavy atom. The minimum atomic E-state index is -0.368. The van der Waals surface area contributed by atoms with E-state index in [0.29, 0.717) is 11.4 Å². The number of pyridine rings is 1. The number of anilines is 1. The van der Waals surface area contributed by atoms with Crippen molar-refractivity contribution in [2.75, 3.05) is 4.90 Å². The molecule has 1 aromatic rings. The molecule has 0 N–H and O–H groups in total. The third kappa shape index (κ3) is 2.53. The molecule has 0 saturated heterocycles. The highest BCUT2D eigenvalue weighted by Crippen LogP contribution is 2.19. The molecule has 1 heterocycles. The van der Waals surface area contributed by atoms with Crippen molar-refractivity contribution in [3.63, 3.8) is 0 Å². The molecule has 0 fully saturated rings. The van der Waals surface area contributed by atoms with Crippen LogP contribution in [0.15, 0.2) is 18.3 Å². The number of aromatic nitrogens is 1. The summed E-state index contributed by atoms with van der Waals surface area (Å²) in [7, 11) is 0. The Hall–Kier alpha value is -1.42. The van der Waals surface area contributed by atoms with Gasteiger partial charge in [-0.25, -0.2) is 9.88 Å². The molecule has 0 spiro atoms. The molecule has 0 saturated carbocycles. The third-order valence-electron chi connectivity index (χ3n) is 1.85. The van der Waals surface area contributed by atoms with E-state index in [9.17, 15) is 9.59 Å². The molecule has 1 rings (SSSR count). The van der Waals surface area contributed by atoms with Crippen molar-refractivity contribution in [3.05, 3.63) is 23.9 Å². The second kappa shape index (κ2) is 4.89. The van der Waals surface area contributed by atoms with Crippen molar-refractivity contribution >= 4 is 29.2 Å². The Bertz CT molecular complexity index is 379. The van der Waals surface area contributed by atoms with Gasteiger partial charge in [-0.1, -0.05) is 6.07 Å². The highest BCUT2D eigenvalue weighted by Gasteiger charge is 2.19. The molecule has 0 bridgehead atoms. The summed E-state index contributed by atoms with van der Waals surface area (Å²) in [5.41, 5.74) is 0.657. The summed E-state index contributed by atoms with van der Waals surface area (Å²) in [4.78, 5) is 27.6. The van der Waals surface area contributed by atoms with E-state index in [1.54, 1.807) is 12.1 Å². The number of alkyl halides is 1. The largest absolute Gasteiger partial charge is 0.274 e. The number of amides is 2. The van der Waals surface area contributed by atoms with Gasteiger partial charge in [-0.15, -0.1) is 11.6 Å². The first-order chi connectivity index (χ1) is 7.07. The smallest absolute Gasteiger partial charge is 0.231 e. The Balaban J connectivity index is 3.22. The summed E-state index contributed by atoms with van der Waals surface area (Å²) in [5.74, 6) is -0.215. The van der Waals surface area contributed by atoms with Crippen LogP contribution in [0.3, 0.4) is 0 Å². The van der Waals surface area contributed by atoms with Crippen LogP contribution in [0.2, 0.25) is 0 Å². The van der Waals surface area contributed by atoms with Gasteiger partial charge in [0.05, 0.1) is 5.88 Å². The molecular weight excluding hydrogens is 216 g/mol. The molecular formula is C10H11ClN2O2. The fraction of sp³-hybridized carbons (Fsp3) is 0.300. The minimum Gasteiger partial charge on any atom is -0.274 e. The topological polar surface area (TPSA) is 50.3 Å². The van der Waals surface area contributed by atoms with Gasteiger partial charge in [0.25, 0.3) is 0 Å². The molecule has 2 amide bonds. The zero-order valence-corrected chi connectivity index (χ0v) is 9.28. The van der Waals surface area contributed by atoms with Gasteiger partial charge in [0, 0.05) is 25.6 Å². The lowest BCUT2D eigenvalue weighted by atomic mass is 10.2. The summed E-state index contributed by atoms with van der Waals surface area (Å²) in [6.45, 7) is 2.63. The van der Waals surface area contributed by atoms with Crippen molar-refractivity contribution in [1.82, 2.24) is 4.98 Å². The Morgan fingerprint density at radius 3 is 2.47 bits per heavy atom. The van der Waals surface area contributed by atoms with E-state index in [1.165, 1.54) is 20.0 Å². The van der Waals surface area contributed by atoms with Gasteiger partial charge < -0.3 is 0 Å². The van der Waals surface area contributed by atoms with Crippen molar-refractivity contribution in [1.29, 1.82) is 0 Å². The molecule has 0 atom stereocenters. The molecule has 1 aromatic heterocycles. The first kappa shape index (κ1) is 11.7. The van der Waals surface area contributed by atoms with E-state index in [-0.39, 0.29) is 17.7 Å². The molecule has 0 aliphatic heterocycles. The van der Waals surface area contributed by atoms with E-state index in [1.807, 2.05) is 0 Å². The maximum atomic E-state index is 11.3. The van der Waals surface area contributed by atoms with Crippen LogP contribution in [0.4, 0.5) is 5.82 Å². The number of imide groups is 1. The third-order valence-corrected chi connectivity index (χ3v) is 2.14. The van der Waals surface area contributed by atoms with Gasteiger partial charge in [-0.05, 0) is 6.07 Å². The van der Waals surface area contributed by atoms with Crippen LogP contribution in [0.25, 0.3) is 0 Å². The van der Waals surface area contributed by atoms with E-state index < -0.39 is 0 Å². The fourth-order valence-electron chi connectivity index (χ4n) is 1.26. The summed E-state index contributed by atoms with van der Waals surface area (Å²) in [5, 5.41) is 0. The minimum absolute atomic E-state index is 0.209. The lowest BCUT2D eigenvalue weighted by molar-refractivity contribution is -0.124. The summed E-state index contributed by atoms with van der Waals surface area (Å²) in [6, 6.07) is 3.44. The Labute approximate surface area is 92.9 Å². The molecule has 0 aromatic carbocycles. The average Bonchev–Trinajstić information content (AvgIpc) is 2.17. The van der Waals surface area contributed by atoms with Gasteiger partial charge in [0.2, 0.25) is 11.8 Å². The van der Waals surface area contributed by atoms with Crippen molar-refractivity contribution in [2.45, 2.75) is 19.7 Å². The van der Waals surface area contributed by atoms with Crippen LogP contribution in [-0.4, -0.2) is 16.8 Å². The van der Waals surface area contributed by atoms with Crippen LogP contribution in [0.1, 0.15) is 19.4 Å². The maximum absolute atomic E-state index is 11.3. The van der Waals surface area contributed by atoms with E-state index >= 15 is 0 Å². The molecule has 15 heavy (non-hydrogen) atoms. The molecule has 0 unspecified atom stereocenters. The van der Waals surface area contributed by atoms with Gasteiger partial charge in [-0.2, -0.15) is 0 Å². The lowest BCUT2D eigenvalue weighted by Gasteiger charge is -2.18. The second-order valence-corrected chi connectivity index (χ2v) is 3.26. The number of rotatable bonds is 2. The van der Waals surface area contributed by atoms with Gasteiger partial charge in [-0.3, -0.25) is 9.59 Å². The maximum Gasteiger partial charge on any atom is 0.231 e. The first-order valence-corrected chi connectivity index (χ1v) is 4.92. The molecule has 0 radical (unpaired) electrons. The molecule has 5 heteroatoms. The predicted octanol–water partition coefficient (Wildman–Crippen LogP) is 1.72. The van der Waals surface area contributed by atoms with Crippen molar-refractivity contribution < 1.29 is 9.59 Å². The fourth-order valence-corrected chi connectivity index (χ4v) is 1.46. The van der Waals surface area contributed by atoms with Gasteiger partial charge in [0.1, 0.15) is 5.82 Å². The molecule has 80 valence electrons. The highest BCUT2D eigenvalue weighted by atomic mass is 35.5. The number of hydrogen-bond donors (Lipinski definition) is 0. The lowest BCUT2D eigenvalue weighted by Crippen LogP contribution is -2.34. The number of carbonyl (C=O) groups is 2. The molecule has 0 aliphatic carbocycles. The Kier molecular flexibility index (Phi) is 3.80. The first-order valence-electron chi connectivity index (χ1n) is 4.39. The normalized spacial score (nSPS) is 9.80. The number of hydrogen-bond acceptors (Lipinski definition) is 3. The van der Waals surface area contributed by atoms with Crippen LogP contribution < -0.4 is 4.90 Å². The SMILES string of the molecule is CC(=O)N(C(C)=O)c1ncccc1CCl. The van der Waals surface area contributed by atoms with Gasteiger partial charge >= 0.3 is 0 Å². The van der Waals surface area contributed by atoms with Crippen LogP contribution >= 0.6 is 11.6 Å². The summed E-state index contributed by atoms with van der Waals surface area (Å²) >= 11 is 5.70. The molecule has 0 aliphatic rings. The molecule has 4 nitrogen and oxygen atoms in total. The highest BCUT2D eigenvalue weighted by molar-refractivity contribution is 6.18. The van der Waals surface area contributed by atoms with Crippen LogP contribution in [0.5, 0.6) is 0 Å². The standard InChI is InChI=1S/C10H11ClN2O2/c1-7(14)13(8(2)15)10-9(6-11)4-3-5-12-10/h3-5H,6H2,1-2H3. The quantitative estimate of drug-likeness (QED) is 0.722. The van der Waals surface area contributed by atoms with Crippen molar-refractivity contribution in [3.8, 4) is 0 Å². The number of nitrogens with zero attached hydrogens (tertiary/aromatic N) is 2. The zero-order chi connectivity index (χ0) is 11.4. The number of carbonyl (C=O) groups excluding carboxylic acids is 2. The van der Waals surface area contributed by atoms with Crippen molar-refractivity contribution in [2.24, 2.45) is 0 Å². The number of halogens is 1. The second-order valence-electron chi connectivity index (χ2n) is 2.99. The zero-order valence-electron chi connectivity index (χ0n) is 8.53. The van der Waals surface area contributed by atoms with Crippen LogP contribution in [-0.2, 0) is 15.5 Å².